The van der Waals surface area contributed by atoms with Crippen molar-refractivity contribution in [3.8, 4) is 0 Å². The molecule has 0 N–H and O–H groups in total. The SMILES string of the molecule is CCCCCCCCCCOC1CCOC(COC(C)(C)OC)C1. The van der Waals surface area contributed by atoms with E-state index < -0.39 is 5.79 Å². The van der Waals surface area contributed by atoms with E-state index in [1.807, 2.05) is 13.8 Å². The summed E-state index contributed by atoms with van der Waals surface area (Å²) in [7, 11) is 1.66. The second-order valence-electron chi connectivity index (χ2n) is 7.40. The van der Waals surface area contributed by atoms with Crippen LogP contribution in [0.15, 0.2) is 0 Å². The second kappa shape index (κ2) is 13.1. The number of hydrogen-bond donors (Lipinski definition) is 0. The van der Waals surface area contributed by atoms with Crippen LogP contribution in [-0.4, -0.2) is 44.9 Å². The van der Waals surface area contributed by atoms with Gasteiger partial charge in [-0.1, -0.05) is 51.9 Å². The minimum Gasteiger partial charge on any atom is -0.378 e. The Labute approximate surface area is 149 Å². The van der Waals surface area contributed by atoms with Crippen molar-refractivity contribution in [3.63, 3.8) is 0 Å². The normalized spacial score (nSPS) is 22.0. The van der Waals surface area contributed by atoms with Gasteiger partial charge in [0.25, 0.3) is 0 Å². The van der Waals surface area contributed by atoms with E-state index in [1.165, 1.54) is 51.4 Å². The standard InChI is InChI=1S/C20H40O4/c1-5-6-7-8-9-10-11-12-14-22-18-13-15-23-19(16-18)17-24-20(2,3)21-4/h18-19H,5-17H2,1-4H3. The highest BCUT2D eigenvalue weighted by Gasteiger charge is 2.26. The van der Waals surface area contributed by atoms with Crippen LogP contribution in [0.25, 0.3) is 0 Å². The minimum atomic E-state index is -0.547. The maximum atomic E-state index is 6.05. The molecule has 0 spiro atoms. The third-order valence-electron chi connectivity index (χ3n) is 4.78. The second-order valence-corrected chi connectivity index (χ2v) is 7.40. The van der Waals surface area contributed by atoms with E-state index in [-0.39, 0.29) is 6.10 Å². The van der Waals surface area contributed by atoms with Gasteiger partial charge >= 0.3 is 0 Å². The molecular weight excluding hydrogens is 304 g/mol. The zero-order chi connectivity index (χ0) is 17.7. The third-order valence-corrected chi connectivity index (χ3v) is 4.78. The molecule has 0 saturated carbocycles. The Bertz CT molecular complexity index is 293. The van der Waals surface area contributed by atoms with Crippen LogP contribution in [0.4, 0.5) is 0 Å². The summed E-state index contributed by atoms with van der Waals surface area (Å²) in [4.78, 5) is 0. The molecule has 2 unspecified atom stereocenters. The van der Waals surface area contributed by atoms with Gasteiger partial charge in [0.1, 0.15) is 0 Å². The van der Waals surface area contributed by atoms with Crippen molar-refractivity contribution in [1.29, 1.82) is 0 Å². The molecule has 0 aliphatic carbocycles. The van der Waals surface area contributed by atoms with E-state index in [1.54, 1.807) is 7.11 Å². The van der Waals surface area contributed by atoms with Gasteiger partial charge in [0, 0.05) is 26.7 Å². The number of unbranched alkanes of at least 4 members (excludes halogenated alkanes) is 7. The molecule has 0 aromatic heterocycles. The molecule has 1 aliphatic rings. The van der Waals surface area contributed by atoms with Gasteiger partial charge in [-0.2, -0.15) is 0 Å². The molecule has 144 valence electrons. The predicted molar refractivity (Wildman–Crippen MR) is 98.4 cm³/mol. The van der Waals surface area contributed by atoms with E-state index in [4.69, 9.17) is 18.9 Å². The number of hydrogen-bond acceptors (Lipinski definition) is 4. The van der Waals surface area contributed by atoms with Gasteiger partial charge in [0.05, 0.1) is 18.8 Å². The van der Waals surface area contributed by atoms with Crippen LogP contribution in [0.3, 0.4) is 0 Å². The molecule has 0 radical (unpaired) electrons. The van der Waals surface area contributed by atoms with Gasteiger partial charge in [-0.25, -0.2) is 0 Å². The maximum absolute atomic E-state index is 6.05. The lowest BCUT2D eigenvalue weighted by Gasteiger charge is -2.32. The van der Waals surface area contributed by atoms with Crippen LogP contribution < -0.4 is 0 Å². The van der Waals surface area contributed by atoms with Crippen molar-refractivity contribution in [2.75, 3.05) is 26.9 Å². The quantitative estimate of drug-likeness (QED) is 0.325. The average Bonchev–Trinajstić information content (AvgIpc) is 2.59. The molecule has 1 heterocycles. The fourth-order valence-electron chi connectivity index (χ4n) is 2.95. The van der Waals surface area contributed by atoms with E-state index in [0.717, 1.165) is 26.1 Å². The van der Waals surface area contributed by atoms with Crippen LogP contribution in [0.1, 0.15) is 85.0 Å². The molecule has 0 aromatic rings. The summed E-state index contributed by atoms with van der Waals surface area (Å²) in [5, 5.41) is 0. The highest BCUT2D eigenvalue weighted by atomic mass is 16.7. The summed E-state index contributed by atoms with van der Waals surface area (Å²) in [5.74, 6) is -0.547. The zero-order valence-electron chi connectivity index (χ0n) is 16.5. The molecule has 1 aliphatic heterocycles. The molecular formula is C20H40O4. The predicted octanol–water partition coefficient (Wildman–Crippen LogP) is 5.09. The maximum Gasteiger partial charge on any atom is 0.162 e. The molecule has 0 bridgehead atoms. The fraction of sp³-hybridized carbons (Fsp3) is 1.00. The van der Waals surface area contributed by atoms with Crippen molar-refractivity contribution in [2.45, 2.75) is 103 Å². The third kappa shape index (κ3) is 10.7. The minimum absolute atomic E-state index is 0.122. The average molecular weight is 345 g/mol. The number of rotatable bonds is 14. The zero-order valence-corrected chi connectivity index (χ0v) is 16.5. The molecule has 1 fully saturated rings. The number of methoxy groups -OCH3 is 1. The lowest BCUT2D eigenvalue weighted by molar-refractivity contribution is -0.219. The van der Waals surface area contributed by atoms with Gasteiger partial charge in [0.2, 0.25) is 0 Å². The summed E-state index contributed by atoms with van der Waals surface area (Å²) in [6, 6.07) is 0. The van der Waals surface area contributed by atoms with Crippen LogP contribution in [-0.2, 0) is 18.9 Å². The van der Waals surface area contributed by atoms with Crippen LogP contribution in [0.5, 0.6) is 0 Å². The van der Waals surface area contributed by atoms with Gasteiger partial charge in [-0.15, -0.1) is 0 Å². The Morgan fingerprint density at radius 2 is 1.67 bits per heavy atom. The van der Waals surface area contributed by atoms with Gasteiger partial charge in [0.15, 0.2) is 5.79 Å². The molecule has 4 nitrogen and oxygen atoms in total. The fourth-order valence-corrected chi connectivity index (χ4v) is 2.95. The summed E-state index contributed by atoms with van der Waals surface area (Å²) in [6.45, 7) is 8.33. The summed E-state index contributed by atoms with van der Waals surface area (Å²) in [6.07, 6.45) is 13.1. The first kappa shape index (κ1) is 21.9. The largest absolute Gasteiger partial charge is 0.378 e. The Hall–Kier alpha value is -0.160. The van der Waals surface area contributed by atoms with Crippen molar-refractivity contribution in [1.82, 2.24) is 0 Å². The molecule has 1 saturated heterocycles. The summed E-state index contributed by atoms with van der Waals surface area (Å²) >= 11 is 0. The van der Waals surface area contributed by atoms with Crippen LogP contribution in [0, 0.1) is 0 Å². The van der Waals surface area contributed by atoms with Crippen molar-refractivity contribution < 1.29 is 18.9 Å². The van der Waals surface area contributed by atoms with E-state index in [2.05, 4.69) is 6.92 Å². The first-order valence-electron chi connectivity index (χ1n) is 9.99. The summed E-state index contributed by atoms with van der Waals surface area (Å²) in [5.41, 5.74) is 0. The first-order chi connectivity index (χ1) is 11.6. The van der Waals surface area contributed by atoms with Crippen LogP contribution in [0.2, 0.25) is 0 Å². The van der Waals surface area contributed by atoms with Crippen molar-refractivity contribution in [2.24, 2.45) is 0 Å². The van der Waals surface area contributed by atoms with Gasteiger partial charge < -0.3 is 18.9 Å². The van der Waals surface area contributed by atoms with E-state index in [0.29, 0.717) is 12.7 Å². The molecule has 2 atom stereocenters. The van der Waals surface area contributed by atoms with Crippen molar-refractivity contribution >= 4 is 0 Å². The molecule has 0 amide bonds. The smallest absolute Gasteiger partial charge is 0.162 e. The molecule has 4 heteroatoms. The molecule has 0 aromatic carbocycles. The monoisotopic (exact) mass is 344 g/mol. The van der Waals surface area contributed by atoms with Gasteiger partial charge in [-0.3, -0.25) is 0 Å². The Balaban J connectivity index is 2.01. The Kier molecular flexibility index (Phi) is 11.9. The Morgan fingerprint density at radius 1 is 1.00 bits per heavy atom. The number of ether oxygens (including phenoxy) is 4. The lowest BCUT2D eigenvalue weighted by Crippen LogP contribution is -2.37. The van der Waals surface area contributed by atoms with E-state index >= 15 is 0 Å². The Morgan fingerprint density at radius 3 is 2.33 bits per heavy atom. The highest BCUT2D eigenvalue weighted by Crippen LogP contribution is 2.20. The van der Waals surface area contributed by atoms with Crippen LogP contribution >= 0.6 is 0 Å². The van der Waals surface area contributed by atoms with Crippen molar-refractivity contribution in [3.05, 3.63) is 0 Å². The lowest BCUT2D eigenvalue weighted by atomic mass is 10.1. The van der Waals surface area contributed by atoms with E-state index in [9.17, 15) is 0 Å². The topological polar surface area (TPSA) is 36.9 Å². The molecule has 1 rings (SSSR count). The first-order valence-corrected chi connectivity index (χ1v) is 9.99. The van der Waals surface area contributed by atoms with Gasteiger partial charge in [-0.05, 0) is 26.7 Å². The summed E-state index contributed by atoms with van der Waals surface area (Å²) < 4.78 is 22.9. The highest BCUT2D eigenvalue weighted by molar-refractivity contribution is 4.72. The molecule has 24 heavy (non-hydrogen) atoms.